The number of nitrogens with zero attached hydrogens (tertiary/aromatic N) is 3. The van der Waals surface area contributed by atoms with E-state index >= 15 is 0 Å². The molecule has 4 aromatic heterocycles. The maximum atomic E-state index is 6.13. The van der Waals surface area contributed by atoms with Crippen molar-refractivity contribution in [3.05, 3.63) is 104 Å². The van der Waals surface area contributed by atoms with E-state index in [-0.39, 0.29) is 0 Å². The van der Waals surface area contributed by atoms with Gasteiger partial charge in [-0.2, -0.15) is 0 Å². The molecule has 0 N–H and O–H groups in total. The lowest BCUT2D eigenvalue weighted by atomic mass is 10.1. The van der Waals surface area contributed by atoms with Gasteiger partial charge in [-0.3, -0.25) is 9.88 Å². The van der Waals surface area contributed by atoms with Crippen LogP contribution in [-0.4, -0.2) is 9.97 Å². The molecule has 0 bridgehead atoms. The number of pyridine rings is 2. The first kappa shape index (κ1) is 18.0. The summed E-state index contributed by atoms with van der Waals surface area (Å²) >= 11 is 0. The van der Waals surface area contributed by atoms with Crippen LogP contribution in [0, 0.1) is 0 Å². The zero-order valence-electron chi connectivity index (χ0n) is 17.5. The first-order chi connectivity index (χ1) is 16.3. The van der Waals surface area contributed by atoms with E-state index in [2.05, 4.69) is 40.2 Å². The summed E-state index contributed by atoms with van der Waals surface area (Å²) in [7, 11) is 0. The molecule has 7 aromatic rings. The third kappa shape index (κ3) is 2.79. The number of aromatic nitrogens is 2. The third-order valence-corrected chi connectivity index (χ3v) is 6.01. The van der Waals surface area contributed by atoms with Crippen molar-refractivity contribution in [2.75, 3.05) is 4.90 Å². The SMILES string of the molecule is c1ccc(N(c2ccc3c(c2)oc2ccncc23)c2cc3oc4ccccc4c3cn2)cc1. The topological polar surface area (TPSA) is 55.3 Å². The van der Waals surface area contributed by atoms with E-state index in [1.54, 1.807) is 6.20 Å². The largest absolute Gasteiger partial charge is 0.456 e. The Kier molecular flexibility index (Phi) is 3.78. The zero-order valence-corrected chi connectivity index (χ0v) is 17.5. The molecule has 4 heterocycles. The molecular weight excluding hydrogens is 410 g/mol. The molecule has 0 aliphatic carbocycles. The number of hydrogen-bond donors (Lipinski definition) is 0. The fourth-order valence-corrected chi connectivity index (χ4v) is 4.47. The van der Waals surface area contributed by atoms with Crippen molar-refractivity contribution in [3.8, 4) is 0 Å². The summed E-state index contributed by atoms with van der Waals surface area (Å²) in [5.41, 5.74) is 5.24. The molecule has 5 nitrogen and oxygen atoms in total. The lowest BCUT2D eigenvalue weighted by Crippen LogP contribution is -2.11. The molecule has 156 valence electrons. The minimum absolute atomic E-state index is 0.768. The maximum absolute atomic E-state index is 6.13. The van der Waals surface area contributed by atoms with Gasteiger partial charge in [0.1, 0.15) is 28.1 Å². The highest BCUT2D eigenvalue weighted by atomic mass is 16.3. The van der Waals surface area contributed by atoms with Crippen molar-refractivity contribution < 1.29 is 8.83 Å². The minimum Gasteiger partial charge on any atom is -0.456 e. The van der Waals surface area contributed by atoms with E-state index in [0.717, 1.165) is 61.1 Å². The average molecular weight is 427 g/mol. The quantitative estimate of drug-likeness (QED) is 0.289. The molecule has 33 heavy (non-hydrogen) atoms. The molecular formula is C28H17N3O2. The number of benzene rings is 3. The van der Waals surface area contributed by atoms with Crippen LogP contribution in [0.2, 0.25) is 0 Å². The Bertz CT molecular complexity index is 1670. The average Bonchev–Trinajstić information content (AvgIpc) is 3.42. The van der Waals surface area contributed by atoms with Gasteiger partial charge in [-0.05, 0) is 36.4 Å². The van der Waals surface area contributed by atoms with Gasteiger partial charge in [-0.1, -0.05) is 36.4 Å². The lowest BCUT2D eigenvalue weighted by Gasteiger charge is -2.24. The minimum atomic E-state index is 0.768. The van der Waals surface area contributed by atoms with Crippen molar-refractivity contribution in [2.45, 2.75) is 0 Å². The van der Waals surface area contributed by atoms with Gasteiger partial charge < -0.3 is 8.83 Å². The van der Waals surface area contributed by atoms with Crippen LogP contribution in [0.15, 0.2) is 112 Å². The highest BCUT2D eigenvalue weighted by molar-refractivity contribution is 6.07. The van der Waals surface area contributed by atoms with E-state index < -0.39 is 0 Å². The van der Waals surface area contributed by atoms with Crippen molar-refractivity contribution in [1.82, 2.24) is 9.97 Å². The first-order valence-corrected chi connectivity index (χ1v) is 10.7. The second kappa shape index (κ2) is 6.93. The smallest absolute Gasteiger partial charge is 0.141 e. The van der Waals surface area contributed by atoms with Crippen LogP contribution in [-0.2, 0) is 0 Å². The predicted molar refractivity (Wildman–Crippen MR) is 131 cm³/mol. The number of para-hydroxylation sites is 2. The summed E-state index contributed by atoms with van der Waals surface area (Å²) in [4.78, 5) is 11.2. The number of furan rings is 2. The summed E-state index contributed by atoms with van der Waals surface area (Å²) in [6.07, 6.45) is 5.47. The molecule has 0 amide bonds. The van der Waals surface area contributed by atoms with Crippen LogP contribution in [0.5, 0.6) is 0 Å². The molecule has 0 saturated carbocycles. The summed E-state index contributed by atoms with van der Waals surface area (Å²) < 4.78 is 12.3. The monoisotopic (exact) mass is 427 g/mol. The third-order valence-electron chi connectivity index (χ3n) is 6.01. The van der Waals surface area contributed by atoms with Gasteiger partial charge in [0.2, 0.25) is 0 Å². The Hall–Kier alpha value is -4.64. The number of fused-ring (bicyclic) bond motifs is 6. The van der Waals surface area contributed by atoms with E-state index in [1.165, 1.54) is 0 Å². The number of hydrogen-bond acceptors (Lipinski definition) is 5. The summed E-state index contributed by atoms with van der Waals surface area (Å²) in [5, 5.41) is 4.11. The summed E-state index contributed by atoms with van der Waals surface area (Å²) in [6, 6.07) is 28.3. The number of rotatable bonds is 3. The maximum Gasteiger partial charge on any atom is 0.141 e. The molecule has 0 radical (unpaired) electrons. The molecule has 0 unspecified atom stereocenters. The zero-order chi connectivity index (χ0) is 21.8. The van der Waals surface area contributed by atoms with Gasteiger partial charge in [0.25, 0.3) is 0 Å². The van der Waals surface area contributed by atoms with Crippen molar-refractivity contribution in [3.63, 3.8) is 0 Å². The Morgan fingerprint density at radius 3 is 2.18 bits per heavy atom. The Morgan fingerprint density at radius 1 is 0.545 bits per heavy atom. The van der Waals surface area contributed by atoms with E-state index in [1.807, 2.05) is 67.0 Å². The Morgan fingerprint density at radius 2 is 1.27 bits per heavy atom. The normalized spacial score (nSPS) is 11.6. The van der Waals surface area contributed by atoms with Gasteiger partial charge in [0.15, 0.2) is 0 Å². The van der Waals surface area contributed by atoms with Crippen molar-refractivity contribution in [1.29, 1.82) is 0 Å². The Balaban J connectivity index is 1.45. The van der Waals surface area contributed by atoms with Crippen LogP contribution >= 0.6 is 0 Å². The van der Waals surface area contributed by atoms with Crippen LogP contribution in [0.1, 0.15) is 0 Å². The molecule has 0 aliphatic heterocycles. The molecule has 0 aliphatic rings. The van der Waals surface area contributed by atoms with Gasteiger partial charge in [0, 0.05) is 58.0 Å². The molecule has 5 heteroatoms. The molecule has 0 spiro atoms. The van der Waals surface area contributed by atoms with E-state index in [0.29, 0.717) is 0 Å². The van der Waals surface area contributed by atoms with Crippen molar-refractivity contribution >= 4 is 61.1 Å². The molecule has 3 aromatic carbocycles. The highest BCUT2D eigenvalue weighted by Gasteiger charge is 2.18. The van der Waals surface area contributed by atoms with Gasteiger partial charge in [0.05, 0.1) is 5.69 Å². The molecule has 0 atom stereocenters. The fourth-order valence-electron chi connectivity index (χ4n) is 4.47. The fraction of sp³-hybridized carbons (Fsp3) is 0. The Labute approximate surface area is 188 Å². The lowest BCUT2D eigenvalue weighted by molar-refractivity contribution is 0.668. The van der Waals surface area contributed by atoms with Crippen LogP contribution in [0.25, 0.3) is 43.9 Å². The first-order valence-electron chi connectivity index (χ1n) is 10.7. The molecule has 0 saturated heterocycles. The van der Waals surface area contributed by atoms with Gasteiger partial charge in [-0.25, -0.2) is 4.98 Å². The van der Waals surface area contributed by atoms with E-state index in [4.69, 9.17) is 13.8 Å². The summed E-state index contributed by atoms with van der Waals surface area (Å²) in [5.74, 6) is 0.768. The van der Waals surface area contributed by atoms with E-state index in [9.17, 15) is 0 Å². The predicted octanol–water partition coefficient (Wildman–Crippen LogP) is 7.75. The van der Waals surface area contributed by atoms with Gasteiger partial charge >= 0.3 is 0 Å². The molecule has 0 fully saturated rings. The standard InChI is InChI=1S/C28H17N3O2/c1-2-6-18(7-3-1)31(19-10-11-21-22-16-29-13-12-25(22)33-26(21)14-19)28-15-27-23(17-30-28)20-8-4-5-9-24(20)32-27/h1-17H. The number of anilines is 3. The highest BCUT2D eigenvalue weighted by Crippen LogP contribution is 2.39. The molecule has 7 rings (SSSR count). The van der Waals surface area contributed by atoms with Gasteiger partial charge in [-0.15, -0.1) is 0 Å². The summed E-state index contributed by atoms with van der Waals surface area (Å²) in [6.45, 7) is 0. The van der Waals surface area contributed by atoms with Crippen LogP contribution < -0.4 is 4.90 Å². The second-order valence-electron chi connectivity index (χ2n) is 7.96. The van der Waals surface area contributed by atoms with Crippen LogP contribution in [0.4, 0.5) is 17.2 Å². The van der Waals surface area contributed by atoms with Crippen molar-refractivity contribution in [2.24, 2.45) is 0 Å². The van der Waals surface area contributed by atoms with Crippen LogP contribution in [0.3, 0.4) is 0 Å². The second-order valence-corrected chi connectivity index (χ2v) is 7.96.